The number of carbonyl (C=O) groups is 1. The molecule has 0 amide bonds. The number of hydrogen-bond acceptors (Lipinski definition) is 7. The van der Waals surface area contributed by atoms with Crippen LogP contribution in [-0.2, 0) is 30.7 Å². The van der Waals surface area contributed by atoms with Crippen LogP contribution in [0, 0.1) is 0 Å². The van der Waals surface area contributed by atoms with E-state index in [1.807, 2.05) is 24.4 Å². The Morgan fingerprint density at radius 3 is 2.88 bits per heavy atom. The summed E-state index contributed by atoms with van der Waals surface area (Å²) in [6.45, 7) is 3.01. The standard InChI is InChI=1S/C24H27N3O5/c1-30-24(29)23-20-6-9-26(16-19-7-13-31-17-19)10-11-27(20)22(28)14-21(23)32-12-3-5-18-4-2-8-25-15-18/h2,4,7-8,13-15,17H,3,5-6,9-12,16H2,1H3. The molecule has 0 radical (unpaired) electrons. The van der Waals surface area contributed by atoms with Crippen molar-refractivity contribution >= 4 is 5.97 Å². The molecule has 1 aliphatic heterocycles. The van der Waals surface area contributed by atoms with Gasteiger partial charge in [0.2, 0.25) is 0 Å². The molecule has 0 bridgehead atoms. The lowest BCUT2D eigenvalue weighted by Crippen LogP contribution is -2.29. The quantitative estimate of drug-likeness (QED) is 0.396. The van der Waals surface area contributed by atoms with E-state index in [4.69, 9.17) is 13.9 Å². The largest absolute Gasteiger partial charge is 0.492 e. The minimum atomic E-state index is -0.487. The summed E-state index contributed by atoms with van der Waals surface area (Å²) in [5, 5.41) is 0. The molecular formula is C24H27N3O5. The van der Waals surface area contributed by atoms with E-state index >= 15 is 0 Å². The lowest BCUT2D eigenvalue weighted by molar-refractivity contribution is 0.0593. The van der Waals surface area contributed by atoms with Crippen LogP contribution in [0.2, 0.25) is 0 Å². The highest BCUT2D eigenvalue weighted by molar-refractivity contribution is 5.93. The topological polar surface area (TPSA) is 86.8 Å². The van der Waals surface area contributed by atoms with Crippen molar-refractivity contribution in [2.24, 2.45) is 0 Å². The molecule has 0 spiro atoms. The molecule has 0 aromatic carbocycles. The predicted molar refractivity (Wildman–Crippen MR) is 118 cm³/mol. The molecule has 3 aromatic rings. The van der Waals surface area contributed by atoms with Crippen LogP contribution < -0.4 is 10.3 Å². The number of fused-ring (bicyclic) bond motifs is 1. The van der Waals surface area contributed by atoms with E-state index in [1.54, 1.807) is 23.3 Å². The molecular weight excluding hydrogens is 410 g/mol. The third kappa shape index (κ3) is 5.08. The fourth-order valence-electron chi connectivity index (χ4n) is 4.03. The number of esters is 1. The van der Waals surface area contributed by atoms with Crippen LogP contribution >= 0.6 is 0 Å². The summed E-state index contributed by atoms with van der Waals surface area (Å²) in [6, 6.07) is 7.25. The molecule has 0 saturated heterocycles. The highest BCUT2D eigenvalue weighted by Gasteiger charge is 2.26. The number of rotatable bonds is 8. The fraction of sp³-hybridized carbons (Fsp3) is 0.375. The van der Waals surface area contributed by atoms with E-state index in [0.29, 0.717) is 49.7 Å². The zero-order valence-electron chi connectivity index (χ0n) is 18.2. The predicted octanol–water partition coefficient (Wildman–Crippen LogP) is 2.69. The lowest BCUT2D eigenvalue weighted by atomic mass is 10.1. The zero-order chi connectivity index (χ0) is 22.3. The Balaban J connectivity index is 1.51. The average Bonchev–Trinajstić information content (AvgIpc) is 3.23. The van der Waals surface area contributed by atoms with Crippen molar-refractivity contribution in [3.63, 3.8) is 0 Å². The first-order chi connectivity index (χ1) is 15.7. The summed E-state index contributed by atoms with van der Waals surface area (Å²) in [4.78, 5) is 31.9. The van der Waals surface area contributed by atoms with Gasteiger partial charge in [0.25, 0.3) is 5.56 Å². The molecule has 0 atom stereocenters. The molecule has 0 fully saturated rings. The summed E-state index contributed by atoms with van der Waals surface area (Å²) in [7, 11) is 1.35. The van der Waals surface area contributed by atoms with E-state index in [9.17, 15) is 9.59 Å². The second kappa shape index (κ2) is 10.3. The Morgan fingerprint density at radius 1 is 1.22 bits per heavy atom. The second-order valence-electron chi connectivity index (χ2n) is 7.78. The van der Waals surface area contributed by atoms with Gasteiger partial charge in [0.05, 0.1) is 26.2 Å². The normalized spacial score (nSPS) is 13.9. The number of ether oxygens (including phenoxy) is 2. The summed E-state index contributed by atoms with van der Waals surface area (Å²) >= 11 is 0. The van der Waals surface area contributed by atoms with E-state index < -0.39 is 5.97 Å². The molecule has 8 nitrogen and oxygen atoms in total. The first-order valence-corrected chi connectivity index (χ1v) is 10.8. The molecule has 4 heterocycles. The van der Waals surface area contributed by atoms with Gasteiger partial charge in [-0.25, -0.2) is 4.79 Å². The van der Waals surface area contributed by atoms with Crippen molar-refractivity contribution < 1.29 is 18.7 Å². The lowest BCUT2D eigenvalue weighted by Gasteiger charge is -2.18. The summed E-state index contributed by atoms with van der Waals surface area (Å²) in [5.74, 6) is -0.193. The van der Waals surface area contributed by atoms with E-state index in [0.717, 1.165) is 30.5 Å². The molecule has 0 unspecified atom stereocenters. The molecule has 0 saturated carbocycles. The van der Waals surface area contributed by atoms with Crippen LogP contribution in [0.3, 0.4) is 0 Å². The highest BCUT2D eigenvalue weighted by Crippen LogP contribution is 2.24. The maximum absolute atomic E-state index is 12.9. The number of pyridine rings is 2. The zero-order valence-corrected chi connectivity index (χ0v) is 18.2. The van der Waals surface area contributed by atoms with Gasteiger partial charge in [-0.3, -0.25) is 14.7 Å². The number of methoxy groups -OCH3 is 1. The van der Waals surface area contributed by atoms with Crippen molar-refractivity contribution in [2.45, 2.75) is 32.4 Å². The molecule has 168 valence electrons. The smallest absolute Gasteiger partial charge is 0.343 e. The van der Waals surface area contributed by atoms with E-state index in [1.165, 1.54) is 13.2 Å². The Hall–Kier alpha value is -3.39. The maximum atomic E-state index is 12.9. The number of furan rings is 1. The Bertz CT molecular complexity index is 1090. The number of nitrogens with zero attached hydrogens (tertiary/aromatic N) is 3. The van der Waals surface area contributed by atoms with Crippen molar-refractivity contribution in [1.82, 2.24) is 14.5 Å². The van der Waals surface area contributed by atoms with E-state index in [-0.39, 0.29) is 5.56 Å². The third-order valence-corrected chi connectivity index (χ3v) is 5.65. The number of aromatic nitrogens is 2. The molecule has 32 heavy (non-hydrogen) atoms. The van der Waals surface area contributed by atoms with Crippen molar-refractivity contribution in [3.05, 3.63) is 81.9 Å². The number of hydrogen-bond donors (Lipinski definition) is 0. The van der Waals surface area contributed by atoms with Crippen molar-refractivity contribution in [1.29, 1.82) is 0 Å². The molecule has 1 aliphatic rings. The van der Waals surface area contributed by atoms with Gasteiger partial charge in [-0.2, -0.15) is 0 Å². The molecule has 0 aliphatic carbocycles. The molecule has 3 aromatic heterocycles. The van der Waals surface area contributed by atoms with Crippen LogP contribution in [-0.4, -0.2) is 47.2 Å². The highest BCUT2D eigenvalue weighted by atomic mass is 16.5. The number of aryl methyl sites for hydroxylation is 1. The van der Waals surface area contributed by atoms with Gasteiger partial charge in [-0.1, -0.05) is 6.07 Å². The Morgan fingerprint density at radius 2 is 2.12 bits per heavy atom. The van der Waals surface area contributed by atoms with Crippen LogP contribution in [0.5, 0.6) is 5.75 Å². The average molecular weight is 437 g/mol. The first kappa shape index (κ1) is 21.8. The SMILES string of the molecule is COC(=O)c1c(OCCCc2cccnc2)cc(=O)n2c1CCN(Cc1ccoc1)CC2. The Kier molecular flexibility index (Phi) is 7.01. The van der Waals surface area contributed by atoms with Gasteiger partial charge in [0, 0.05) is 62.3 Å². The monoisotopic (exact) mass is 437 g/mol. The molecule has 8 heteroatoms. The number of carbonyl (C=O) groups excluding carboxylic acids is 1. The minimum Gasteiger partial charge on any atom is -0.492 e. The summed E-state index contributed by atoms with van der Waals surface area (Å²) in [6.07, 6.45) is 9.02. The third-order valence-electron chi connectivity index (χ3n) is 5.65. The van der Waals surface area contributed by atoms with Gasteiger partial charge in [-0.15, -0.1) is 0 Å². The van der Waals surface area contributed by atoms with Gasteiger partial charge in [0.1, 0.15) is 11.3 Å². The van der Waals surface area contributed by atoms with Crippen LogP contribution in [0.25, 0.3) is 0 Å². The van der Waals surface area contributed by atoms with Gasteiger partial charge in [-0.05, 0) is 30.5 Å². The maximum Gasteiger partial charge on any atom is 0.343 e. The van der Waals surface area contributed by atoms with Crippen LogP contribution in [0.4, 0.5) is 0 Å². The van der Waals surface area contributed by atoms with Crippen LogP contribution in [0.1, 0.15) is 33.6 Å². The van der Waals surface area contributed by atoms with Gasteiger partial charge in [0.15, 0.2) is 0 Å². The van der Waals surface area contributed by atoms with Gasteiger partial charge >= 0.3 is 5.97 Å². The van der Waals surface area contributed by atoms with Crippen LogP contribution in [0.15, 0.2) is 58.4 Å². The van der Waals surface area contributed by atoms with Crippen molar-refractivity contribution in [3.8, 4) is 5.75 Å². The minimum absolute atomic E-state index is 0.167. The van der Waals surface area contributed by atoms with Crippen molar-refractivity contribution in [2.75, 3.05) is 26.8 Å². The summed E-state index contributed by atoms with van der Waals surface area (Å²) in [5.41, 5.74) is 3.04. The van der Waals surface area contributed by atoms with Gasteiger partial charge < -0.3 is 18.5 Å². The first-order valence-electron chi connectivity index (χ1n) is 10.8. The fourth-order valence-corrected chi connectivity index (χ4v) is 4.03. The summed E-state index contributed by atoms with van der Waals surface area (Å²) < 4.78 is 17.8. The second-order valence-corrected chi connectivity index (χ2v) is 7.78. The van der Waals surface area contributed by atoms with E-state index in [2.05, 4.69) is 9.88 Å². The molecule has 4 rings (SSSR count). The Labute approximate surface area is 186 Å². The molecule has 0 N–H and O–H groups in total.